The molecule has 0 spiro atoms. The average molecular weight is 355 g/mol. The van der Waals surface area contributed by atoms with Crippen LogP contribution in [0.3, 0.4) is 0 Å². The van der Waals surface area contributed by atoms with Gasteiger partial charge in [-0.15, -0.1) is 0 Å². The Bertz CT molecular complexity index is 820. The van der Waals surface area contributed by atoms with E-state index in [4.69, 9.17) is 0 Å². The number of rotatable bonds is 2. The molecule has 0 atom stereocenters. The molecule has 2 nitrogen and oxygen atoms in total. The second-order valence-electron chi connectivity index (χ2n) is 6.15. The van der Waals surface area contributed by atoms with Crippen LogP contribution in [0.2, 0.25) is 0 Å². The van der Waals surface area contributed by atoms with Crippen molar-refractivity contribution in [1.29, 1.82) is 0 Å². The lowest BCUT2D eigenvalue weighted by atomic mass is 10.1. The van der Waals surface area contributed by atoms with Crippen LogP contribution >= 0.6 is 15.9 Å². The van der Waals surface area contributed by atoms with Gasteiger partial charge in [0.05, 0.1) is 0 Å². The zero-order valence-electron chi connectivity index (χ0n) is 12.7. The van der Waals surface area contributed by atoms with Crippen LogP contribution in [0.5, 0.6) is 0 Å². The first-order valence-electron chi connectivity index (χ1n) is 7.74. The van der Waals surface area contributed by atoms with E-state index < -0.39 is 0 Å². The molecular formula is C19H19BrN2. The van der Waals surface area contributed by atoms with E-state index in [-0.39, 0.29) is 0 Å². The van der Waals surface area contributed by atoms with Gasteiger partial charge < -0.3 is 9.47 Å². The van der Waals surface area contributed by atoms with E-state index in [1.54, 1.807) is 0 Å². The van der Waals surface area contributed by atoms with E-state index in [2.05, 4.69) is 81.0 Å². The van der Waals surface area contributed by atoms with Crippen LogP contribution in [-0.2, 0) is 19.5 Å². The van der Waals surface area contributed by atoms with Crippen LogP contribution in [-0.4, -0.2) is 23.1 Å². The molecule has 0 fully saturated rings. The van der Waals surface area contributed by atoms with Gasteiger partial charge in [-0.3, -0.25) is 0 Å². The third-order valence-corrected chi connectivity index (χ3v) is 5.08. The van der Waals surface area contributed by atoms with Crippen LogP contribution in [0.15, 0.2) is 53.0 Å². The molecular weight excluding hydrogens is 336 g/mol. The summed E-state index contributed by atoms with van der Waals surface area (Å²) in [6.07, 6.45) is 1.13. The van der Waals surface area contributed by atoms with Crippen molar-refractivity contribution in [3.8, 4) is 0 Å². The number of hydrogen-bond acceptors (Lipinski definition) is 1. The molecule has 0 saturated heterocycles. The molecule has 3 heteroatoms. The maximum absolute atomic E-state index is 3.63. The molecule has 0 amide bonds. The Balaban J connectivity index is 1.91. The third-order valence-electron chi connectivity index (χ3n) is 4.59. The highest BCUT2D eigenvalue weighted by atomic mass is 79.9. The summed E-state index contributed by atoms with van der Waals surface area (Å²) in [5.74, 6) is 0. The SMILES string of the molecule is CN1CCc2c(c3ccc(Br)cc3n2Cc2ccccc2)C1. The van der Waals surface area contributed by atoms with Crippen LogP contribution in [0.1, 0.15) is 16.8 Å². The van der Waals surface area contributed by atoms with Crippen molar-refractivity contribution in [2.45, 2.75) is 19.5 Å². The van der Waals surface area contributed by atoms with E-state index in [0.29, 0.717) is 0 Å². The van der Waals surface area contributed by atoms with Crippen LogP contribution in [0, 0.1) is 0 Å². The van der Waals surface area contributed by atoms with Gasteiger partial charge in [0.15, 0.2) is 0 Å². The minimum absolute atomic E-state index is 0.951. The normalized spacial score (nSPS) is 15.2. The molecule has 0 unspecified atom stereocenters. The molecule has 0 saturated carbocycles. The maximum atomic E-state index is 3.63. The second kappa shape index (κ2) is 5.56. The van der Waals surface area contributed by atoms with Gasteiger partial charge in [-0.05, 0) is 30.3 Å². The molecule has 0 bridgehead atoms. The van der Waals surface area contributed by atoms with Crippen molar-refractivity contribution < 1.29 is 0 Å². The minimum Gasteiger partial charge on any atom is -0.340 e. The molecule has 1 aliphatic rings. The summed E-state index contributed by atoms with van der Waals surface area (Å²) in [5, 5.41) is 1.40. The van der Waals surface area contributed by atoms with Gasteiger partial charge in [-0.2, -0.15) is 0 Å². The van der Waals surface area contributed by atoms with Crippen LogP contribution < -0.4 is 0 Å². The van der Waals surface area contributed by atoms with E-state index >= 15 is 0 Å². The summed E-state index contributed by atoms with van der Waals surface area (Å²) in [4.78, 5) is 2.41. The van der Waals surface area contributed by atoms with Crippen molar-refractivity contribution in [3.63, 3.8) is 0 Å². The van der Waals surface area contributed by atoms with E-state index in [9.17, 15) is 0 Å². The Hall–Kier alpha value is -1.58. The summed E-state index contributed by atoms with van der Waals surface area (Å²) in [6, 6.07) is 17.4. The molecule has 0 aliphatic carbocycles. The Kier molecular flexibility index (Phi) is 3.55. The summed E-state index contributed by atoms with van der Waals surface area (Å²) in [5.41, 5.74) is 5.72. The van der Waals surface area contributed by atoms with Crippen molar-refractivity contribution in [1.82, 2.24) is 9.47 Å². The molecule has 3 aromatic rings. The van der Waals surface area contributed by atoms with Crippen LogP contribution in [0.4, 0.5) is 0 Å². The van der Waals surface area contributed by atoms with Crippen molar-refractivity contribution in [2.75, 3.05) is 13.6 Å². The lowest BCUT2D eigenvalue weighted by Gasteiger charge is -2.24. The first-order chi connectivity index (χ1) is 10.7. The number of likely N-dealkylation sites (N-methyl/N-ethyl adjacent to an activating group) is 1. The molecule has 1 aromatic heterocycles. The van der Waals surface area contributed by atoms with Crippen molar-refractivity contribution >= 4 is 26.8 Å². The number of nitrogens with zero attached hydrogens (tertiary/aromatic N) is 2. The van der Waals surface area contributed by atoms with Gasteiger partial charge in [-0.25, -0.2) is 0 Å². The molecule has 2 aromatic carbocycles. The zero-order valence-corrected chi connectivity index (χ0v) is 14.3. The fourth-order valence-corrected chi connectivity index (χ4v) is 3.85. The standard InChI is InChI=1S/C19H19BrN2/c1-21-10-9-18-17(13-21)16-8-7-15(20)11-19(16)22(18)12-14-5-3-2-4-6-14/h2-8,11H,9-10,12-13H2,1H3. The Labute approximate surface area is 139 Å². The fourth-order valence-electron chi connectivity index (χ4n) is 3.50. The molecule has 0 N–H and O–H groups in total. The van der Waals surface area contributed by atoms with Gasteiger partial charge in [0.1, 0.15) is 0 Å². The summed E-state index contributed by atoms with van der Waals surface area (Å²) in [6.45, 7) is 3.14. The number of aromatic nitrogens is 1. The van der Waals surface area contributed by atoms with Gasteiger partial charge in [-0.1, -0.05) is 52.3 Å². The molecule has 1 aliphatic heterocycles. The average Bonchev–Trinajstić information content (AvgIpc) is 2.81. The minimum atomic E-state index is 0.951. The monoisotopic (exact) mass is 354 g/mol. The number of fused-ring (bicyclic) bond motifs is 3. The van der Waals surface area contributed by atoms with E-state index in [1.807, 2.05) is 0 Å². The second-order valence-corrected chi connectivity index (χ2v) is 7.06. The predicted molar refractivity (Wildman–Crippen MR) is 95.2 cm³/mol. The highest BCUT2D eigenvalue weighted by Crippen LogP contribution is 2.32. The Morgan fingerprint density at radius 2 is 1.91 bits per heavy atom. The van der Waals surface area contributed by atoms with E-state index in [0.717, 1.165) is 30.5 Å². The highest BCUT2D eigenvalue weighted by Gasteiger charge is 2.22. The lowest BCUT2D eigenvalue weighted by molar-refractivity contribution is 0.310. The predicted octanol–water partition coefficient (Wildman–Crippen LogP) is 4.44. The number of halogens is 1. The number of benzene rings is 2. The van der Waals surface area contributed by atoms with Gasteiger partial charge in [0.2, 0.25) is 0 Å². The van der Waals surface area contributed by atoms with Gasteiger partial charge >= 0.3 is 0 Å². The Morgan fingerprint density at radius 1 is 1.09 bits per heavy atom. The largest absolute Gasteiger partial charge is 0.340 e. The Morgan fingerprint density at radius 3 is 2.73 bits per heavy atom. The first-order valence-corrected chi connectivity index (χ1v) is 8.53. The highest BCUT2D eigenvalue weighted by molar-refractivity contribution is 9.10. The zero-order chi connectivity index (χ0) is 15.1. The van der Waals surface area contributed by atoms with Gasteiger partial charge in [0, 0.05) is 47.1 Å². The van der Waals surface area contributed by atoms with Crippen molar-refractivity contribution in [2.24, 2.45) is 0 Å². The maximum Gasteiger partial charge on any atom is 0.0500 e. The summed E-state index contributed by atoms with van der Waals surface area (Å²) in [7, 11) is 2.21. The molecule has 2 heterocycles. The molecule has 22 heavy (non-hydrogen) atoms. The first kappa shape index (κ1) is 14.0. The van der Waals surface area contributed by atoms with Crippen molar-refractivity contribution in [3.05, 3.63) is 69.8 Å². The fraction of sp³-hybridized carbons (Fsp3) is 0.263. The summed E-state index contributed by atoms with van der Waals surface area (Å²) < 4.78 is 3.66. The number of hydrogen-bond donors (Lipinski definition) is 0. The summed E-state index contributed by atoms with van der Waals surface area (Å²) >= 11 is 3.63. The quantitative estimate of drug-likeness (QED) is 0.660. The van der Waals surface area contributed by atoms with Gasteiger partial charge in [0.25, 0.3) is 0 Å². The lowest BCUT2D eigenvalue weighted by Crippen LogP contribution is -2.27. The molecule has 4 rings (SSSR count). The van der Waals surface area contributed by atoms with E-state index in [1.165, 1.54) is 27.7 Å². The smallest absolute Gasteiger partial charge is 0.0500 e. The molecule has 112 valence electrons. The third kappa shape index (κ3) is 2.38. The van der Waals surface area contributed by atoms with Crippen LogP contribution in [0.25, 0.3) is 10.9 Å². The molecule has 0 radical (unpaired) electrons. The topological polar surface area (TPSA) is 8.17 Å².